The molecule has 1 aromatic heterocycles. The Morgan fingerprint density at radius 1 is 0.809 bits per heavy atom. The number of pyridine rings is 1. The molecule has 0 N–H and O–H groups in total. The first-order chi connectivity index (χ1) is 23.0. The Kier molecular flexibility index (Phi) is 18.0. The number of hydrogen-bond donors (Lipinski definition) is 0. The third kappa shape index (κ3) is 14.6. The molecule has 0 bridgehead atoms. The first-order valence-electron chi connectivity index (χ1n) is 17.0. The van der Waals surface area contributed by atoms with Crippen LogP contribution in [0.3, 0.4) is 0 Å². The third-order valence-electron chi connectivity index (χ3n) is 7.58. The average Bonchev–Trinajstić information content (AvgIpc) is 3.36. The fourth-order valence-electron chi connectivity index (χ4n) is 4.80. The van der Waals surface area contributed by atoms with Gasteiger partial charge in [-0.1, -0.05) is 111 Å². The highest BCUT2D eigenvalue weighted by atomic mass is 32.2. The number of imide groups is 3. The molecule has 47 heavy (non-hydrogen) atoms. The van der Waals surface area contributed by atoms with Crippen LogP contribution in [0.25, 0.3) is 0 Å². The highest BCUT2D eigenvalue weighted by molar-refractivity contribution is 8.15. The highest BCUT2D eigenvalue weighted by Crippen LogP contribution is 2.31. The van der Waals surface area contributed by atoms with Crippen molar-refractivity contribution in [3.8, 4) is 5.75 Å². The molecule has 3 rings (SSSR count). The zero-order chi connectivity index (χ0) is 33.5. The van der Waals surface area contributed by atoms with Gasteiger partial charge in [0.15, 0.2) is 0 Å². The second kappa shape index (κ2) is 22.5. The summed E-state index contributed by atoms with van der Waals surface area (Å²) in [5.41, 5.74) is 3.12. The molecular formula is C40H50N2O4S. The molecule has 3 amide bonds. The molecule has 0 radical (unpaired) electrons. The third-order valence-corrected chi connectivity index (χ3v) is 8.61. The number of hydrogen-bond acceptors (Lipinski definition) is 6. The Labute approximate surface area is 285 Å². The van der Waals surface area contributed by atoms with E-state index in [-0.39, 0.29) is 6.42 Å². The normalized spacial score (nSPS) is 15.5. The van der Waals surface area contributed by atoms with Gasteiger partial charge in [-0.05, 0) is 87.1 Å². The maximum Gasteiger partial charge on any atom is 0.295 e. The van der Waals surface area contributed by atoms with Gasteiger partial charge >= 0.3 is 0 Å². The minimum atomic E-state index is -0.592. The number of carbonyl (C=O) groups excluding carboxylic acids is 3. The monoisotopic (exact) mass is 654 g/mol. The van der Waals surface area contributed by atoms with Crippen molar-refractivity contribution < 1.29 is 19.1 Å². The van der Waals surface area contributed by atoms with E-state index in [2.05, 4.69) is 79.6 Å². The smallest absolute Gasteiger partial charge is 0.295 e. The summed E-state index contributed by atoms with van der Waals surface area (Å²) >= 11 is 0.936. The van der Waals surface area contributed by atoms with Crippen LogP contribution in [-0.2, 0) is 28.9 Å². The van der Waals surface area contributed by atoms with E-state index in [0.29, 0.717) is 25.9 Å². The molecule has 6 nitrogen and oxygen atoms in total. The van der Waals surface area contributed by atoms with Crippen LogP contribution in [0.2, 0.25) is 0 Å². The molecule has 1 unspecified atom stereocenters. The number of aryl methyl sites for hydroxylation is 1. The van der Waals surface area contributed by atoms with Gasteiger partial charge in [0.2, 0.25) is 5.91 Å². The Hall–Kier alpha value is -3.97. The largest absolute Gasteiger partial charge is 0.493 e. The quantitative estimate of drug-likeness (QED) is 0.0985. The predicted octanol–water partition coefficient (Wildman–Crippen LogP) is 9.71. The van der Waals surface area contributed by atoms with Crippen LogP contribution in [-0.4, -0.2) is 38.8 Å². The standard InChI is InChI=1S/C40H50N2O4S/c1-3-5-6-7-8-9-10-11-12-13-14-15-16-17-18-19-20-21-22-38(43)42-39(44)37(47-40(42)45)31-34-24-27-36(28-25-34)46-30-29-35-26-23-33(4-2)32-41-35/h6-7,9-10,12-13,15-16,18-19,23-28,32,37H,3-5,8,11,14,17,20-22,29-31H2,1-2H3/b7-6-,10-9-,13-12-,16-15-,19-18-. The van der Waals surface area contributed by atoms with Gasteiger partial charge in [-0.25, -0.2) is 4.90 Å². The van der Waals surface area contributed by atoms with Crippen LogP contribution in [0.15, 0.2) is 103 Å². The fourth-order valence-corrected chi connectivity index (χ4v) is 5.83. The lowest BCUT2D eigenvalue weighted by molar-refractivity contribution is -0.139. The van der Waals surface area contributed by atoms with Crippen LogP contribution in [0.4, 0.5) is 4.79 Å². The SMILES string of the molecule is CCC/C=C\C/C=C\C/C=C\C/C=C\C/C=C\CCCC(=O)N1C(=O)SC(Cc2ccc(OCCc3ccc(CC)cn3)cc2)C1=O. The number of allylic oxidation sites excluding steroid dienone is 10. The number of nitrogens with zero attached hydrogens (tertiary/aromatic N) is 2. The van der Waals surface area contributed by atoms with Crippen molar-refractivity contribution in [1.82, 2.24) is 9.88 Å². The number of unbranched alkanes of at least 4 members (excludes halogenated alkanes) is 2. The number of ether oxygens (including phenoxy) is 1. The highest BCUT2D eigenvalue weighted by Gasteiger charge is 2.42. The zero-order valence-electron chi connectivity index (χ0n) is 28.0. The Morgan fingerprint density at radius 3 is 1.98 bits per heavy atom. The van der Waals surface area contributed by atoms with Gasteiger partial charge < -0.3 is 4.74 Å². The summed E-state index contributed by atoms with van der Waals surface area (Å²) in [4.78, 5) is 43.5. The van der Waals surface area contributed by atoms with E-state index in [4.69, 9.17) is 4.74 Å². The number of thioether (sulfide) groups is 1. The summed E-state index contributed by atoms with van der Waals surface area (Å²) in [6.07, 6.45) is 33.1. The maximum absolute atomic E-state index is 12.9. The number of aromatic nitrogens is 1. The Morgan fingerprint density at radius 2 is 1.40 bits per heavy atom. The summed E-state index contributed by atoms with van der Waals surface area (Å²) in [7, 11) is 0. The molecule has 1 aliphatic rings. The van der Waals surface area contributed by atoms with Crippen molar-refractivity contribution in [2.45, 2.75) is 96.1 Å². The molecule has 1 atom stereocenters. The number of rotatable bonds is 21. The minimum absolute atomic E-state index is 0.170. The molecule has 1 aliphatic heterocycles. The molecule has 1 fully saturated rings. The molecule has 7 heteroatoms. The van der Waals surface area contributed by atoms with Gasteiger partial charge in [0.05, 0.1) is 11.9 Å². The molecule has 2 aromatic rings. The van der Waals surface area contributed by atoms with Gasteiger partial charge in [-0.15, -0.1) is 0 Å². The molecule has 2 heterocycles. The van der Waals surface area contributed by atoms with Crippen LogP contribution in [0.5, 0.6) is 5.75 Å². The summed E-state index contributed by atoms with van der Waals surface area (Å²) in [5, 5.41) is -1.07. The molecule has 0 spiro atoms. The summed E-state index contributed by atoms with van der Waals surface area (Å²) < 4.78 is 5.86. The zero-order valence-corrected chi connectivity index (χ0v) is 28.8. The van der Waals surface area contributed by atoms with Crippen LogP contribution < -0.4 is 4.74 Å². The van der Waals surface area contributed by atoms with Crippen LogP contribution >= 0.6 is 11.8 Å². The predicted molar refractivity (Wildman–Crippen MR) is 195 cm³/mol. The Bertz CT molecular complexity index is 1390. The lowest BCUT2D eigenvalue weighted by atomic mass is 10.1. The topological polar surface area (TPSA) is 76.6 Å². The summed E-state index contributed by atoms with van der Waals surface area (Å²) in [6.45, 7) is 4.81. The molecule has 1 saturated heterocycles. The van der Waals surface area contributed by atoms with E-state index in [1.54, 1.807) is 0 Å². The lowest BCUT2D eigenvalue weighted by Gasteiger charge is -2.12. The fraction of sp³-hybridized carbons (Fsp3) is 0.400. The van der Waals surface area contributed by atoms with Crippen molar-refractivity contribution in [3.05, 3.63) is 120 Å². The van der Waals surface area contributed by atoms with E-state index >= 15 is 0 Å². The summed E-state index contributed by atoms with van der Waals surface area (Å²) in [6, 6.07) is 11.7. The van der Waals surface area contributed by atoms with E-state index in [0.717, 1.165) is 78.6 Å². The van der Waals surface area contributed by atoms with Gasteiger partial charge in [0.1, 0.15) is 5.75 Å². The van der Waals surface area contributed by atoms with Crippen molar-refractivity contribution in [1.29, 1.82) is 0 Å². The van der Waals surface area contributed by atoms with Crippen LogP contribution in [0, 0.1) is 0 Å². The second-order valence-corrected chi connectivity index (χ2v) is 12.5. The van der Waals surface area contributed by atoms with Crippen molar-refractivity contribution in [2.24, 2.45) is 0 Å². The van der Waals surface area contributed by atoms with Crippen molar-refractivity contribution in [3.63, 3.8) is 0 Å². The number of carbonyl (C=O) groups is 3. The Balaban J connectivity index is 1.28. The van der Waals surface area contributed by atoms with Gasteiger partial charge in [0.25, 0.3) is 11.1 Å². The minimum Gasteiger partial charge on any atom is -0.493 e. The van der Waals surface area contributed by atoms with Gasteiger partial charge in [-0.2, -0.15) is 0 Å². The second-order valence-electron chi connectivity index (χ2n) is 11.4. The first kappa shape index (κ1) is 37.5. The van der Waals surface area contributed by atoms with Gasteiger partial charge in [0, 0.05) is 24.7 Å². The molecule has 250 valence electrons. The molecule has 0 saturated carbocycles. The lowest BCUT2D eigenvalue weighted by Crippen LogP contribution is -2.37. The first-order valence-corrected chi connectivity index (χ1v) is 17.9. The van der Waals surface area contributed by atoms with E-state index < -0.39 is 22.3 Å². The summed E-state index contributed by atoms with van der Waals surface area (Å²) in [5.74, 6) is -0.0994. The number of benzene rings is 1. The van der Waals surface area contributed by atoms with E-state index in [9.17, 15) is 14.4 Å². The molecular weight excluding hydrogens is 605 g/mol. The van der Waals surface area contributed by atoms with E-state index in [1.807, 2.05) is 42.6 Å². The number of amides is 3. The van der Waals surface area contributed by atoms with Crippen molar-refractivity contribution in [2.75, 3.05) is 6.61 Å². The van der Waals surface area contributed by atoms with Crippen LogP contribution in [0.1, 0.15) is 88.5 Å². The van der Waals surface area contributed by atoms with E-state index in [1.165, 1.54) is 12.0 Å². The van der Waals surface area contributed by atoms with Crippen molar-refractivity contribution >= 4 is 28.8 Å². The van der Waals surface area contributed by atoms with Gasteiger partial charge in [-0.3, -0.25) is 19.4 Å². The average molecular weight is 655 g/mol. The molecule has 0 aliphatic carbocycles. The molecule has 1 aromatic carbocycles. The maximum atomic E-state index is 12.9.